The summed E-state index contributed by atoms with van der Waals surface area (Å²) in [5.74, 6) is -0.118. The lowest BCUT2D eigenvalue weighted by Gasteiger charge is -2.34. The van der Waals surface area contributed by atoms with Crippen LogP contribution in [0.4, 0.5) is 23.0 Å². The number of likely N-dealkylation sites (N-methyl/N-ethyl adjacent to an activating group) is 1. The molecule has 0 saturated carbocycles. The van der Waals surface area contributed by atoms with Crippen LogP contribution in [0.1, 0.15) is 23.7 Å². The third kappa shape index (κ3) is 5.40. The number of nitrogens with one attached hydrogen (secondary N) is 2. The molecular formula is C27H33N7O4S. The van der Waals surface area contributed by atoms with E-state index in [1.165, 1.54) is 10.5 Å². The minimum absolute atomic E-state index is 0.0249. The van der Waals surface area contributed by atoms with E-state index in [2.05, 4.69) is 49.6 Å². The molecule has 0 spiro atoms. The standard InChI is InChI=1S/C27H33N7O4S/c1-3-11-34-23-17-19(26(36)28-10-16-35)4-9-22(23)25-24(39(34,37)38)18-29-27(31-25)30-20-5-7-21(8-6-20)33-14-12-32(2)13-15-33/h4-9,17-18,35H,3,10-16H2,1-2H3,(H,28,36)(H,29,30,31). The molecule has 12 heteroatoms. The smallest absolute Gasteiger partial charge is 0.268 e. The number of nitrogens with zero attached hydrogens (tertiary/aromatic N) is 5. The molecule has 2 aliphatic heterocycles. The second-order valence-electron chi connectivity index (χ2n) is 9.66. The molecule has 2 aromatic carbocycles. The fraction of sp³-hybridized carbons (Fsp3) is 0.370. The molecule has 3 heterocycles. The summed E-state index contributed by atoms with van der Waals surface area (Å²) in [6.45, 7) is 6.06. The van der Waals surface area contributed by atoms with Crippen LogP contribution < -0.4 is 19.8 Å². The zero-order valence-corrected chi connectivity index (χ0v) is 22.9. The van der Waals surface area contributed by atoms with E-state index in [0.717, 1.165) is 37.6 Å². The van der Waals surface area contributed by atoms with Crippen molar-refractivity contribution < 1.29 is 18.3 Å². The Balaban J connectivity index is 1.45. The SMILES string of the molecule is CCCN1c2cc(C(=O)NCCO)ccc2-c2nc(Nc3ccc(N4CCN(C)CC4)cc3)ncc2S1(=O)=O. The van der Waals surface area contributed by atoms with Crippen LogP contribution in [-0.2, 0) is 10.0 Å². The Kier molecular flexibility index (Phi) is 7.69. The van der Waals surface area contributed by atoms with Gasteiger partial charge in [0, 0.05) is 61.8 Å². The largest absolute Gasteiger partial charge is 0.395 e. The molecule has 5 rings (SSSR count). The van der Waals surface area contributed by atoms with Gasteiger partial charge in [-0.25, -0.2) is 18.4 Å². The summed E-state index contributed by atoms with van der Waals surface area (Å²) in [5.41, 5.74) is 3.51. The van der Waals surface area contributed by atoms with Gasteiger partial charge in [0.25, 0.3) is 15.9 Å². The number of sulfonamides is 1. The van der Waals surface area contributed by atoms with E-state index in [1.807, 2.05) is 19.1 Å². The predicted octanol–water partition coefficient (Wildman–Crippen LogP) is 2.28. The van der Waals surface area contributed by atoms with Crippen LogP contribution in [0, 0.1) is 0 Å². The van der Waals surface area contributed by atoms with Crippen molar-refractivity contribution in [2.24, 2.45) is 0 Å². The maximum absolute atomic E-state index is 13.6. The molecular weight excluding hydrogens is 518 g/mol. The summed E-state index contributed by atoms with van der Waals surface area (Å²) < 4.78 is 28.5. The van der Waals surface area contributed by atoms with E-state index >= 15 is 0 Å². The van der Waals surface area contributed by atoms with Gasteiger partial charge >= 0.3 is 0 Å². The van der Waals surface area contributed by atoms with E-state index in [4.69, 9.17) is 5.11 Å². The second kappa shape index (κ2) is 11.2. The lowest BCUT2D eigenvalue weighted by molar-refractivity contribution is 0.0945. The Morgan fingerprint density at radius 1 is 1.08 bits per heavy atom. The fourth-order valence-corrected chi connectivity index (χ4v) is 6.46. The molecule has 0 bridgehead atoms. The van der Waals surface area contributed by atoms with Gasteiger partial charge < -0.3 is 25.5 Å². The highest BCUT2D eigenvalue weighted by Crippen LogP contribution is 2.42. The zero-order chi connectivity index (χ0) is 27.6. The van der Waals surface area contributed by atoms with Crippen LogP contribution in [0.2, 0.25) is 0 Å². The van der Waals surface area contributed by atoms with E-state index in [-0.39, 0.29) is 36.2 Å². The molecule has 3 aromatic rings. The number of amides is 1. The molecule has 1 aromatic heterocycles. The number of anilines is 4. The van der Waals surface area contributed by atoms with Crippen molar-refractivity contribution in [2.45, 2.75) is 18.2 Å². The molecule has 0 aliphatic carbocycles. The number of hydrogen-bond acceptors (Lipinski definition) is 9. The third-order valence-electron chi connectivity index (χ3n) is 6.92. The number of aromatic nitrogens is 2. The van der Waals surface area contributed by atoms with Crippen LogP contribution >= 0.6 is 0 Å². The van der Waals surface area contributed by atoms with Crippen LogP contribution in [0.25, 0.3) is 11.3 Å². The average molecular weight is 552 g/mol. The fourth-order valence-electron chi connectivity index (χ4n) is 4.80. The van der Waals surface area contributed by atoms with Crippen LogP contribution in [0.3, 0.4) is 0 Å². The monoisotopic (exact) mass is 551 g/mol. The van der Waals surface area contributed by atoms with Crippen molar-refractivity contribution in [3.8, 4) is 11.3 Å². The van der Waals surface area contributed by atoms with Crippen molar-refractivity contribution in [3.63, 3.8) is 0 Å². The minimum Gasteiger partial charge on any atom is -0.395 e. The van der Waals surface area contributed by atoms with Crippen molar-refractivity contribution >= 4 is 38.9 Å². The Hall–Kier alpha value is -3.74. The molecule has 1 saturated heterocycles. The van der Waals surface area contributed by atoms with Crippen molar-refractivity contribution in [1.29, 1.82) is 0 Å². The quantitative estimate of drug-likeness (QED) is 0.386. The van der Waals surface area contributed by atoms with Gasteiger partial charge in [0.1, 0.15) is 4.90 Å². The summed E-state index contributed by atoms with van der Waals surface area (Å²) in [6, 6.07) is 12.9. The highest BCUT2D eigenvalue weighted by molar-refractivity contribution is 7.93. The molecule has 2 aliphatic rings. The Labute approximate surface area is 228 Å². The molecule has 1 fully saturated rings. The minimum atomic E-state index is -3.93. The molecule has 0 unspecified atom stereocenters. The summed E-state index contributed by atoms with van der Waals surface area (Å²) in [7, 11) is -1.80. The maximum Gasteiger partial charge on any atom is 0.268 e. The number of benzene rings is 2. The Morgan fingerprint density at radius 2 is 1.82 bits per heavy atom. The van der Waals surface area contributed by atoms with Gasteiger partial charge in [-0.3, -0.25) is 9.10 Å². The first kappa shape index (κ1) is 26.9. The predicted molar refractivity (Wildman–Crippen MR) is 151 cm³/mol. The number of hydrogen-bond donors (Lipinski definition) is 3. The van der Waals surface area contributed by atoms with E-state index in [9.17, 15) is 13.2 Å². The Morgan fingerprint density at radius 3 is 2.51 bits per heavy atom. The number of carbonyl (C=O) groups is 1. The summed E-state index contributed by atoms with van der Waals surface area (Å²) in [5, 5.41) is 14.8. The summed E-state index contributed by atoms with van der Waals surface area (Å²) in [6.07, 6.45) is 1.92. The van der Waals surface area contributed by atoms with Gasteiger partial charge in [-0.05, 0) is 55.9 Å². The number of aliphatic hydroxyl groups excluding tert-OH is 1. The van der Waals surface area contributed by atoms with Crippen molar-refractivity contribution in [3.05, 3.63) is 54.2 Å². The lowest BCUT2D eigenvalue weighted by atomic mass is 10.0. The van der Waals surface area contributed by atoms with Gasteiger partial charge in [0.15, 0.2) is 0 Å². The average Bonchev–Trinajstić information content (AvgIpc) is 2.94. The van der Waals surface area contributed by atoms with Crippen LogP contribution in [0.5, 0.6) is 0 Å². The third-order valence-corrected chi connectivity index (χ3v) is 8.74. The van der Waals surface area contributed by atoms with Gasteiger partial charge in [0.05, 0.1) is 24.2 Å². The van der Waals surface area contributed by atoms with E-state index < -0.39 is 15.9 Å². The van der Waals surface area contributed by atoms with E-state index in [1.54, 1.807) is 18.2 Å². The molecule has 11 nitrogen and oxygen atoms in total. The first-order valence-electron chi connectivity index (χ1n) is 13.1. The summed E-state index contributed by atoms with van der Waals surface area (Å²) in [4.78, 5) is 26.1. The molecule has 0 radical (unpaired) electrons. The first-order valence-corrected chi connectivity index (χ1v) is 14.5. The van der Waals surface area contributed by atoms with Crippen LogP contribution in [0.15, 0.2) is 53.6 Å². The maximum atomic E-state index is 13.6. The highest BCUT2D eigenvalue weighted by atomic mass is 32.2. The van der Waals surface area contributed by atoms with Gasteiger partial charge in [0.2, 0.25) is 5.95 Å². The van der Waals surface area contributed by atoms with Gasteiger partial charge in [-0.15, -0.1) is 0 Å². The highest BCUT2D eigenvalue weighted by Gasteiger charge is 2.36. The van der Waals surface area contributed by atoms with Gasteiger partial charge in [-0.1, -0.05) is 6.92 Å². The molecule has 39 heavy (non-hydrogen) atoms. The molecule has 1 amide bonds. The topological polar surface area (TPSA) is 131 Å². The zero-order valence-electron chi connectivity index (χ0n) is 22.1. The van der Waals surface area contributed by atoms with Crippen LogP contribution in [-0.4, -0.2) is 87.2 Å². The number of aliphatic hydroxyl groups is 1. The molecule has 206 valence electrons. The van der Waals surface area contributed by atoms with Crippen molar-refractivity contribution in [2.75, 3.05) is 67.4 Å². The normalized spacial score (nSPS) is 16.4. The first-order chi connectivity index (χ1) is 18.8. The summed E-state index contributed by atoms with van der Waals surface area (Å²) >= 11 is 0. The molecule has 3 N–H and O–H groups in total. The van der Waals surface area contributed by atoms with E-state index in [0.29, 0.717) is 23.2 Å². The number of carbonyl (C=O) groups excluding carboxylic acids is 1. The number of piperazine rings is 1. The Bertz CT molecular complexity index is 1460. The second-order valence-corrected chi connectivity index (χ2v) is 11.5. The van der Waals surface area contributed by atoms with Gasteiger partial charge in [-0.2, -0.15) is 0 Å². The number of rotatable bonds is 8. The van der Waals surface area contributed by atoms with Crippen molar-refractivity contribution in [1.82, 2.24) is 20.2 Å². The molecule has 0 atom stereocenters. The lowest BCUT2D eigenvalue weighted by Crippen LogP contribution is -2.44. The number of fused-ring (bicyclic) bond motifs is 3.